The molecule has 0 saturated heterocycles. The smallest absolute Gasteiger partial charge is 0.358 e. The molecule has 1 aromatic heterocycles. The van der Waals surface area contributed by atoms with Crippen molar-refractivity contribution in [3.05, 3.63) is 11.9 Å². The topological polar surface area (TPSA) is 97.1 Å². The van der Waals surface area contributed by atoms with Crippen molar-refractivity contribution < 1.29 is 14.7 Å². The van der Waals surface area contributed by atoms with Crippen LogP contribution in [0.3, 0.4) is 0 Å². The molecule has 0 aromatic carbocycles. The van der Waals surface area contributed by atoms with Gasteiger partial charge in [0.25, 0.3) is 0 Å². The van der Waals surface area contributed by atoms with Crippen LogP contribution in [-0.2, 0) is 4.79 Å². The van der Waals surface area contributed by atoms with Crippen molar-refractivity contribution in [3.8, 4) is 0 Å². The van der Waals surface area contributed by atoms with Crippen molar-refractivity contribution in [1.82, 2.24) is 20.3 Å². The number of amides is 1. The standard InChI is InChI=1S/C18H28N4O3/c1-2-18(7-5-3-4-6-8-18)12-19-16(23)13-9-14(10-13)22-11-15(17(24)25)20-21-22/h11,13-14H,2-10,12H2,1H3,(H,19,23)(H,24,25). The van der Waals surface area contributed by atoms with Gasteiger partial charge in [0.15, 0.2) is 5.69 Å². The van der Waals surface area contributed by atoms with Crippen molar-refractivity contribution in [2.45, 2.75) is 70.8 Å². The number of nitrogens with one attached hydrogen (secondary N) is 1. The van der Waals surface area contributed by atoms with Gasteiger partial charge in [0, 0.05) is 12.5 Å². The summed E-state index contributed by atoms with van der Waals surface area (Å²) >= 11 is 0. The van der Waals surface area contributed by atoms with E-state index >= 15 is 0 Å². The molecule has 0 atom stereocenters. The third-order valence-corrected chi connectivity index (χ3v) is 6.14. The van der Waals surface area contributed by atoms with E-state index in [1.807, 2.05) is 0 Å². The van der Waals surface area contributed by atoms with Crippen LogP contribution in [0.15, 0.2) is 6.20 Å². The van der Waals surface area contributed by atoms with Gasteiger partial charge in [-0.05, 0) is 37.5 Å². The van der Waals surface area contributed by atoms with Gasteiger partial charge in [0.1, 0.15) is 0 Å². The Hall–Kier alpha value is -1.92. The number of carbonyl (C=O) groups excluding carboxylic acids is 1. The molecule has 2 N–H and O–H groups in total. The number of aromatic carboxylic acids is 1. The van der Waals surface area contributed by atoms with Crippen LogP contribution in [0.1, 0.15) is 81.2 Å². The molecule has 25 heavy (non-hydrogen) atoms. The van der Waals surface area contributed by atoms with Gasteiger partial charge in [0.2, 0.25) is 5.91 Å². The highest BCUT2D eigenvalue weighted by Gasteiger charge is 2.38. The Morgan fingerprint density at radius 1 is 1.28 bits per heavy atom. The molecule has 7 nitrogen and oxygen atoms in total. The number of hydrogen-bond donors (Lipinski definition) is 2. The molecule has 2 saturated carbocycles. The molecule has 7 heteroatoms. The maximum absolute atomic E-state index is 12.5. The predicted octanol–water partition coefficient (Wildman–Crippen LogP) is 2.79. The Labute approximate surface area is 148 Å². The van der Waals surface area contributed by atoms with Crippen LogP contribution < -0.4 is 5.32 Å². The van der Waals surface area contributed by atoms with Crippen LogP contribution in [-0.4, -0.2) is 38.5 Å². The van der Waals surface area contributed by atoms with Crippen LogP contribution >= 0.6 is 0 Å². The minimum Gasteiger partial charge on any atom is -0.476 e. The van der Waals surface area contributed by atoms with E-state index in [1.165, 1.54) is 44.7 Å². The van der Waals surface area contributed by atoms with E-state index in [-0.39, 0.29) is 29.0 Å². The number of aromatic nitrogens is 3. The van der Waals surface area contributed by atoms with Gasteiger partial charge in [-0.25, -0.2) is 9.48 Å². The Bertz CT molecular complexity index is 614. The van der Waals surface area contributed by atoms with Crippen molar-refractivity contribution in [2.75, 3.05) is 6.54 Å². The maximum atomic E-state index is 12.5. The summed E-state index contributed by atoms with van der Waals surface area (Å²) in [5, 5.41) is 19.6. The lowest BCUT2D eigenvalue weighted by Gasteiger charge is -2.36. The summed E-state index contributed by atoms with van der Waals surface area (Å²) in [7, 11) is 0. The van der Waals surface area contributed by atoms with E-state index in [0.29, 0.717) is 12.8 Å². The average molecular weight is 348 g/mol. The molecule has 0 spiro atoms. The summed E-state index contributed by atoms with van der Waals surface area (Å²) < 4.78 is 1.58. The molecule has 0 aliphatic heterocycles. The van der Waals surface area contributed by atoms with Crippen LogP contribution in [0.2, 0.25) is 0 Å². The van der Waals surface area contributed by atoms with Crippen LogP contribution in [0.25, 0.3) is 0 Å². The summed E-state index contributed by atoms with van der Waals surface area (Å²) in [4.78, 5) is 23.3. The second-order valence-electron chi connectivity index (χ2n) is 7.70. The zero-order valence-electron chi connectivity index (χ0n) is 14.9. The molecule has 0 unspecified atom stereocenters. The van der Waals surface area contributed by atoms with Crippen LogP contribution in [0.4, 0.5) is 0 Å². The molecule has 3 rings (SSSR count). The van der Waals surface area contributed by atoms with Crippen molar-refractivity contribution in [3.63, 3.8) is 0 Å². The van der Waals surface area contributed by atoms with Gasteiger partial charge in [-0.1, -0.05) is 37.8 Å². The molecule has 0 bridgehead atoms. The zero-order chi connectivity index (χ0) is 17.9. The number of carboxylic acid groups (broad SMARTS) is 1. The first-order valence-electron chi connectivity index (χ1n) is 9.46. The monoisotopic (exact) mass is 348 g/mol. The molecular formula is C18H28N4O3. The number of carboxylic acids is 1. The molecule has 1 aromatic rings. The molecule has 2 fully saturated rings. The normalized spacial score (nSPS) is 25.6. The SMILES string of the molecule is CCC1(CNC(=O)C2CC(n3cc(C(=O)O)nn3)C2)CCCCCC1. The van der Waals surface area contributed by atoms with E-state index in [4.69, 9.17) is 5.11 Å². The van der Waals surface area contributed by atoms with Crippen molar-refractivity contribution >= 4 is 11.9 Å². The van der Waals surface area contributed by atoms with Crippen molar-refractivity contribution in [1.29, 1.82) is 0 Å². The van der Waals surface area contributed by atoms with Crippen LogP contribution in [0, 0.1) is 11.3 Å². The Morgan fingerprint density at radius 3 is 2.52 bits per heavy atom. The fraction of sp³-hybridized carbons (Fsp3) is 0.778. The molecule has 1 amide bonds. The molecule has 2 aliphatic carbocycles. The number of hydrogen-bond acceptors (Lipinski definition) is 4. The molecule has 2 aliphatic rings. The lowest BCUT2D eigenvalue weighted by molar-refractivity contribution is -0.129. The van der Waals surface area contributed by atoms with Crippen molar-refractivity contribution in [2.24, 2.45) is 11.3 Å². The fourth-order valence-electron chi connectivity index (χ4n) is 4.12. The zero-order valence-corrected chi connectivity index (χ0v) is 14.9. The Kier molecular flexibility index (Phi) is 5.39. The first-order valence-corrected chi connectivity index (χ1v) is 9.46. The summed E-state index contributed by atoms with van der Waals surface area (Å²) in [6, 6.07) is 0.0781. The quantitative estimate of drug-likeness (QED) is 0.771. The van der Waals surface area contributed by atoms with Gasteiger partial charge in [0.05, 0.1) is 12.2 Å². The number of rotatable bonds is 6. The van der Waals surface area contributed by atoms with Gasteiger partial charge in [-0.2, -0.15) is 0 Å². The second kappa shape index (κ2) is 7.54. The molecule has 1 heterocycles. The van der Waals surface area contributed by atoms with Crippen LogP contribution in [0.5, 0.6) is 0 Å². The minimum absolute atomic E-state index is 0.00200. The van der Waals surface area contributed by atoms with E-state index in [0.717, 1.165) is 13.0 Å². The highest BCUT2D eigenvalue weighted by Crippen LogP contribution is 2.39. The summed E-state index contributed by atoms with van der Waals surface area (Å²) in [6.45, 7) is 3.03. The minimum atomic E-state index is -1.08. The molecular weight excluding hydrogens is 320 g/mol. The fourth-order valence-corrected chi connectivity index (χ4v) is 4.12. The maximum Gasteiger partial charge on any atom is 0.358 e. The average Bonchev–Trinajstić information content (AvgIpc) is 2.91. The van der Waals surface area contributed by atoms with Gasteiger partial charge in [-0.3, -0.25) is 4.79 Å². The first-order chi connectivity index (χ1) is 12.0. The Balaban J connectivity index is 1.47. The Morgan fingerprint density at radius 2 is 1.96 bits per heavy atom. The number of carbonyl (C=O) groups is 2. The predicted molar refractivity (Wildman–Crippen MR) is 92.2 cm³/mol. The lowest BCUT2D eigenvalue weighted by Crippen LogP contribution is -2.44. The van der Waals surface area contributed by atoms with Gasteiger partial charge in [-0.15, -0.1) is 5.10 Å². The largest absolute Gasteiger partial charge is 0.476 e. The molecule has 0 radical (unpaired) electrons. The lowest BCUT2D eigenvalue weighted by atomic mass is 9.76. The first kappa shape index (κ1) is 17.9. The van der Waals surface area contributed by atoms with Gasteiger partial charge >= 0.3 is 5.97 Å². The van der Waals surface area contributed by atoms with E-state index in [2.05, 4.69) is 22.6 Å². The highest BCUT2D eigenvalue weighted by molar-refractivity contribution is 5.84. The third-order valence-electron chi connectivity index (χ3n) is 6.14. The van der Waals surface area contributed by atoms with Gasteiger partial charge < -0.3 is 10.4 Å². The molecule has 138 valence electrons. The third kappa shape index (κ3) is 4.02. The van der Waals surface area contributed by atoms with E-state index in [9.17, 15) is 9.59 Å². The second-order valence-corrected chi connectivity index (χ2v) is 7.70. The summed E-state index contributed by atoms with van der Waals surface area (Å²) in [5.74, 6) is -0.942. The van der Waals surface area contributed by atoms with E-state index in [1.54, 1.807) is 4.68 Å². The summed E-state index contributed by atoms with van der Waals surface area (Å²) in [6.07, 6.45) is 11.6. The van der Waals surface area contributed by atoms with E-state index < -0.39 is 5.97 Å². The summed E-state index contributed by atoms with van der Waals surface area (Å²) in [5.41, 5.74) is 0.226. The highest BCUT2D eigenvalue weighted by atomic mass is 16.4. The number of nitrogens with zero attached hydrogens (tertiary/aromatic N) is 3.